The SMILES string of the molecule is CN1C(=O)c2ccc(F)cc2OC2CN(C(=O)N3CCOCC3)CC21. The minimum Gasteiger partial charge on any atom is -0.485 e. The minimum absolute atomic E-state index is 0.0692. The number of likely N-dealkylation sites (N-methyl/N-ethyl adjacent to an activating group) is 1. The van der Waals surface area contributed by atoms with E-state index < -0.39 is 5.82 Å². The van der Waals surface area contributed by atoms with Gasteiger partial charge in [0.15, 0.2) is 0 Å². The number of morpholine rings is 1. The Morgan fingerprint density at radius 1 is 1.20 bits per heavy atom. The second kappa shape index (κ2) is 6.18. The summed E-state index contributed by atoms with van der Waals surface area (Å²) in [7, 11) is 1.70. The van der Waals surface area contributed by atoms with Crippen molar-refractivity contribution < 1.29 is 23.5 Å². The zero-order valence-corrected chi connectivity index (χ0v) is 14.0. The maximum atomic E-state index is 13.6. The number of urea groups is 1. The van der Waals surface area contributed by atoms with Crippen molar-refractivity contribution >= 4 is 11.9 Å². The van der Waals surface area contributed by atoms with Gasteiger partial charge in [-0.05, 0) is 12.1 Å². The van der Waals surface area contributed by atoms with Crippen molar-refractivity contribution in [2.24, 2.45) is 0 Å². The van der Waals surface area contributed by atoms with Crippen LogP contribution in [0.5, 0.6) is 5.75 Å². The van der Waals surface area contributed by atoms with Crippen LogP contribution < -0.4 is 4.74 Å². The number of hydrogen-bond donors (Lipinski definition) is 0. The molecule has 3 aliphatic heterocycles. The molecule has 25 heavy (non-hydrogen) atoms. The lowest BCUT2D eigenvalue weighted by Crippen LogP contribution is -2.48. The third-order valence-corrected chi connectivity index (χ3v) is 5.06. The van der Waals surface area contributed by atoms with Crippen molar-refractivity contribution in [1.29, 1.82) is 0 Å². The van der Waals surface area contributed by atoms with E-state index in [4.69, 9.17) is 9.47 Å². The molecule has 134 valence electrons. The van der Waals surface area contributed by atoms with Gasteiger partial charge >= 0.3 is 6.03 Å². The number of fused-ring (bicyclic) bond motifs is 2. The van der Waals surface area contributed by atoms with E-state index in [0.29, 0.717) is 45.0 Å². The molecule has 0 aliphatic carbocycles. The molecule has 7 nitrogen and oxygen atoms in total. The summed E-state index contributed by atoms with van der Waals surface area (Å²) in [6.45, 7) is 2.97. The van der Waals surface area contributed by atoms with Gasteiger partial charge in [-0.1, -0.05) is 0 Å². The molecule has 1 aromatic rings. The van der Waals surface area contributed by atoms with Crippen LogP contribution >= 0.6 is 0 Å². The molecule has 2 saturated heterocycles. The highest BCUT2D eigenvalue weighted by atomic mass is 19.1. The van der Waals surface area contributed by atoms with Crippen molar-refractivity contribution in [3.8, 4) is 5.75 Å². The quantitative estimate of drug-likeness (QED) is 0.695. The fourth-order valence-corrected chi connectivity index (χ4v) is 3.63. The summed E-state index contributed by atoms with van der Waals surface area (Å²) in [5.74, 6) is -0.430. The van der Waals surface area contributed by atoms with Gasteiger partial charge in [0.2, 0.25) is 0 Å². The van der Waals surface area contributed by atoms with Crippen molar-refractivity contribution in [1.82, 2.24) is 14.7 Å². The van der Waals surface area contributed by atoms with Crippen LogP contribution in [0.15, 0.2) is 18.2 Å². The lowest BCUT2D eigenvalue weighted by Gasteiger charge is -2.31. The van der Waals surface area contributed by atoms with Crippen molar-refractivity contribution in [2.45, 2.75) is 12.1 Å². The molecule has 0 spiro atoms. The zero-order valence-electron chi connectivity index (χ0n) is 14.0. The van der Waals surface area contributed by atoms with E-state index in [1.807, 2.05) is 0 Å². The van der Waals surface area contributed by atoms with Crippen LogP contribution in [0.3, 0.4) is 0 Å². The second-order valence-electron chi connectivity index (χ2n) is 6.57. The van der Waals surface area contributed by atoms with Gasteiger partial charge in [-0.25, -0.2) is 9.18 Å². The Morgan fingerprint density at radius 2 is 1.96 bits per heavy atom. The third-order valence-electron chi connectivity index (χ3n) is 5.06. The Bertz CT molecular complexity index is 707. The highest BCUT2D eigenvalue weighted by molar-refractivity contribution is 5.97. The Morgan fingerprint density at radius 3 is 2.72 bits per heavy atom. The summed E-state index contributed by atoms with van der Waals surface area (Å²) in [6.07, 6.45) is -0.373. The van der Waals surface area contributed by atoms with Gasteiger partial charge in [-0.2, -0.15) is 0 Å². The predicted octanol–water partition coefficient (Wildman–Crippen LogP) is 0.795. The topological polar surface area (TPSA) is 62.3 Å². The number of benzene rings is 1. The number of rotatable bonds is 0. The van der Waals surface area contributed by atoms with Crippen LogP contribution in [0.1, 0.15) is 10.4 Å². The molecule has 3 heterocycles. The monoisotopic (exact) mass is 349 g/mol. The molecule has 0 N–H and O–H groups in total. The highest BCUT2D eigenvalue weighted by Crippen LogP contribution is 2.31. The number of nitrogens with zero attached hydrogens (tertiary/aromatic N) is 3. The Hall–Kier alpha value is -2.35. The first-order valence-electron chi connectivity index (χ1n) is 8.39. The predicted molar refractivity (Wildman–Crippen MR) is 86.1 cm³/mol. The molecule has 3 amide bonds. The molecule has 2 fully saturated rings. The first-order valence-corrected chi connectivity index (χ1v) is 8.39. The molecule has 0 bridgehead atoms. The number of carbonyl (C=O) groups excluding carboxylic acids is 2. The Kier molecular flexibility index (Phi) is 3.99. The highest BCUT2D eigenvalue weighted by Gasteiger charge is 2.44. The van der Waals surface area contributed by atoms with Crippen LogP contribution in [0, 0.1) is 5.82 Å². The molecule has 0 aromatic heterocycles. The van der Waals surface area contributed by atoms with Gasteiger partial charge in [0.05, 0.1) is 31.4 Å². The summed E-state index contributed by atoms with van der Waals surface area (Å²) < 4.78 is 24.8. The fourth-order valence-electron chi connectivity index (χ4n) is 3.63. The molecule has 0 saturated carbocycles. The van der Waals surface area contributed by atoms with Crippen LogP contribution in [-0.4, -0.2) is 85.2 Å². The Labute approximate surface area is 144 Å². The van der Waals surface area contributed by atoms with E-state index in [0.717, 1.165) is 0 Å². The summed E-state index contributed by atoms with van der Waals surface area (Å²) in [5, 5.41) is 0. The number of carbonyl (C=O) groups is 2. The number of likely N-dealkylation sites (tertiary alicyclic amines) is 1. The lowest BCUT2D eigenvalue weighted by molar-refractivity contribution is 0.0441. The second-order valence-corrected chi connectivity index (χ2v) is 6.57. The van der Waals surface area contributed by atoms with Crippen LogP contribution in [0.4, 0.5) is 9.18 Å². The molecule has 0 radical (unpaired) electrons. The summed E-state index contributed by atoms with van der Waals surface area (Å²) in [6, 6.07) is 3.61. The molecule has 2 unspecified atom stereocenters. The average molecular weight is 349 g/mol. The number of halogens is 1. The van der Waals surface area contributed by atoms with Gasteiger partial charge in [-0.3, -0.25) is 4.79 Å². The minimum atomic E-state index is -0.452. The van der Waals surface area contributed by atoms with E-state index in [1.54, 1.807) is 21.7 Å². The maximum absolute atomic E-state index is 13.6. The van der Waals surface area contributed by atoms with Crippen LogP contribution in [0.2, 0.25) is 0 Å². The zero-order chi connectivity index (χ0) is 17.6. The standard InChI is InChI=1S/C17H20FN3O4/c1-19-13-9-21(17(23)20-4-6-24-7-5-20)10-15(13)25-14-8-11(18)2-3-12(14)16(19)22/h2-3,8,13,15H,4-7,9-10H2,1H3. The number of hydrogen-bond acceptors (Lipinski definition) is 4. The molecule has 1 aromatic carbocycles. The fraction of sp³-hybridized carbons (Fsp3) is 0.529. The molecular formula is C17H20FN3O4. The van der Waals surface area contributed by atoms with E-state index in [1.165, 1.54) is 18.2 Å². The summed E-state index contributed by atoms with van der Waals surface area (Å²) in [4.78, 5) is 30.4. The molecule has 3 aliphatic rings. The molecule has 2 atom stereocenters. The lowest BCUT2D eigenvalue weighted by atomic mass is 10.1. The maximum Gasteiger partial charge on any atom is 0.320 e. The van der Waals surface area contributed by atoms with Gasteiger partial charge in [0, 0.05) is 32.7 Å². The van der Waals surface area contributed by atoms with E-state index in [-0.39, 0.29) is 29.8 Å². The number of amides is 3. The van der Waals surface area contributed by atoms with Crippen molar-refractivity contribution in [3.05, 3.63) is 29.6 Å². The van der Waals surface area contributed by atoms with Crippen molar-refractivity contribution in [2.75, 3.05) is 46.4 Å². The summed E-state index contributed by atoms with van der Waals surface area (Å²) >= 11 is 0. The smallest absolute Gasteiger partial charge is 0.320 e. The van der Waals surface area contributed by atoms with E-state index in [2.05, 4.69) is 0 Å². The normalized spacial score (nSPS) is 26.0. The Balaban J connectivity index is 1.56. The summed E-state index contributed by atoms with van der Waals surface area (Å²) in [5.41, 5.74) is 0.351. The average Bonchev–Trinajstić information content (AvgIpc) is 3.01. The van der Waals surface area contributed by atoms with Gasteiger partial charge in [0.1, 0.15) is 17.7 Å². The first kappa shape index (κ1) is 16.1. The van der Waals surface area contributed by atoms with Gasteiger partial charge < -0.3 is 24.2 Å². The van der Waals surface area contributed by atoms with Gasteiger partial charge in [0.25, 0.3) is 5.91 Å². The number of ether oxygens (including phenoxy) is 2. The van der Waals surface area contributed by atoms with E-state index >= 15 is 0 Å². The molecule has 8 heteroatoms. The van der Waals surface area contributed by atoms with Crippen LogP contribution in [-0.2, 0) is 4.74 Å². The largest absolute Gasteiger partial charge is 0.485 e. The molecule has 4 rings (SSSR count). The third kappa shape index (κ3) is 2.80. The van der Waals surface area contributed by atoms with Crippen LogP contribution in [0.25, 0.3) is 0 Å². The van der Waals surface area contributed by atoms with Crippen molar-refractivity contribution in [3.63, 3.8) is 0 Å². The first-order chi connectivity index (χ1) is 12.0. The van der Waals surface area contributed by atoms with Gasteiger partial charge in [-0.15, -0.1) is 0 Å². The van der Waals surface area contributed by atoms with E-state index in [9.17, 15) is 14.0 Å². The molecular weight excluding hydrogens is 329 g/mol.